The summed E-state index contributed by atoms with van der Waals surface area (Å²) in [6.07, 6.45) is 3.55. The summed E-state index contributed by atoms with van der Waals surface area (Å²) in [5, 5.41) is 12.2. The number of hydrogen-bond donors (Lipinski definition) is 1. The average Bonchev–Trinajstić information content (AvgIpc) is 2.77. The number of aryl methyl sites for hydroxylation is 1. The van der Waals surface area contributed by atoms with Gasteiger partial charge in [0, 0.05) is 11.3 Å². The van der Waals surface area contributed by atoms with E-state index in [1.165, 1.54) is 20.3 Å². The van der Waals surface area contributed by atoms with Crippen LogP contribution in [0.15, 0.2) is 54.6 Å². The van der Waals surface area contributed by atoms with Crippen LogP contribution in [-0.2, 0) is 20.7 Å². The number of ether oxygens (including phenoxy) is 3. The predicted octanol–water partition coefficient (Wildman–Crippen LogP) is 3.83. The van der Waals surface area contributed by atoms with E-state index in [4.69, 9.17) is 9.47 Å². The Morgan fingerprint density at radius 3 is 2.48 bits per heavy atom. The number of benzene rings is 2. The molecular formula is C24H24N2O5. The summed E-state index contributed by atoms with van der Waals surface area (Å²) in [5.41, 5.74) is 2.82. The van der Waals surface area contributed by atoms with Crippen LogP contribution in [0.2, 0.25) is 0 Å². The molecule has 7 nitrogen and oxygen atoms in total. The van der Waals surface area contributed by atoms with Crippen LogP contribution in [0.3, 0.4) is 0 Å². The smallest absolute Gasteiger partial charge is 0.343 e. The summed E-state index contributed by atoms with van der Waals surface area (Å²) >= 11 is 0. The molecule has 2 aromatic carbocycles. The van der Waals surface area contributed by atoms with Crippen molar-refractivity contribution in [2.75, 3.05) is 26.1 Å². The lowest BCUT2D eigenvalue weighted by Crippen LogP contribution is -2.14. The summed E-state index contributed by atoms with van der Waals surface area (Å²) < 4.78 is 15.6. The highest BCUT2D eigenvalue weighted by Crippen LogP contribution is 2.34. The number of methoxy groups -OCH3 is 2. The molecule has 0 saturated carbocycles. The maximum Gasteiger partial charge on any atom is 0.343 e. The van der Waals surface area contributed by atoms with Gasteiger partial charge in [0.25, 0.3) is 5.91 Å². The zero-order chi connectivity index (χ0) is 22.8. The Labute approximate surface area is 181 Å². The van der Waals surface area contributed by atoms with Crippen molar-refractivity contribution in [2.45, 2.75) is 13.3 Å². The van der Waals surface area contributed by atoms with Crippen LogP contribution in [0.1, 0.15) is 16.7 Å². The van der Waals surface area contributed by atoms with Crippen molar-refractivity contribution in [3.05, 3.63) is 71.3 Å². The van der Waals surface area contributed by atoms with E-state index in [1.807, 2.05) is 25.1 Å². The first-order chi connectivity index (χ1) is 14.9. The zero-order valence-corrected chi connectivity index (χ0v) is 17.7. The predicted molar refractivity (Wildman–Crippen MR) is 118 cm³/mol. The molecule has 0 saturated heterocycles. The Hall–Kier alpha value is -4.05. The molecule has 2 aromatic rings. The van der Waals surface area contributed by atoms with Gasteiger partial charge in [0.05, 0.1) is 14.2 Å². The van der Waals surface area contributed by atoms with Gasteiger partial charge in [0.2, 0.25) is 0 Å². The normalized spacial score (nSPS) is 10.6. The van der Waals surface area contributed by atoms with Gasteiger partial charge in [0.15, 0.2) is 18.1 Å². The molecule has 0 heterocycles. The number of carbonyl (C=O) groups excluding carboxylic acids is 2. The second-order valence-corrected chi connectivity index (χ2v) is 6.56. The summed E-state index contributed by atoms with van der Waals surface area (Å²) in [6.45, 7) is 5.39. The van der Waals surface area contributed by atoms with E-state index in [1.54, 1.807) is 30.3 Å². The monoisotopic (exact) mass is 420 g/mol. The molecule has 2 rings (SSSR count). The number of anilines is 1. The second kappa shape index (κ2) is 11.2. The molecule has 0 radical (unpaired) electrons. The van der Waals surface area contributed by atoms with Gasteiger partial charge in [-0.2, -0.15) is 5.26 Å². The van der Waals surface area contributed by atoms with Crippen LogP contribution in [0.4, 0.5) is 5.69 Å². The first-order valence-corrected chi connectivity index (χ1v) is 9.43. The minimum absolute atomic E-state index is 0.0737. The molecule has 7 heteroatoms. The second-order valence-electron chi connectivity index (χ2n) is 6.56. The minimum Gasteiger partial charge on any atom is -0.493 e. The number of nitriles is 1. The van der Waals surface area contributed by atoms with E-state index in [2.05, 4.69) is 16.6 Å². The highest BCUT2D eigenvalue weighted by atomic mass is 16.6. The van der Waals surface area contributed by atoms with Crippen LogP contribution >= 0.6 is 0 Å². The van der Waals surface area contributed by atoms with Gasteiger partial charge in [-0.3, -0.25) is 4.79 Å². The van der Waals surface area contributed by atoms with Crippen molar-refractivity contribution < 1.29 is 23.8 Å². The Morgan fingerprint density at radius 2 is 1.90 bits per heavy atom. The third-order valence-corrected chi connectivity index (χ3v) is 4.29. The van der Waals surface area contributed by atoms with Crippen molar-refractivity contribution in [1.82, 2.24) is 0 Å². The molecule has 1 amide bonds. The summed E-state index contributed by atoms with van der Waals surface area (Å²) in [7, 11) is 2.73. The maximum atomic E-state index is 12.6. The minimum atomic E-state index is -0.532. The number of esters is 1. The van der Waals surface area contributed by atoms with Crippen molar-refractivity contribution in [2.24, 2.45) is 0 Å². The first kappa shape index (κ1) is 23.2. The molecule has 0 bridgehead atoms. The molecule has 0 unspecified atom stereocenters. The number of carbonyl (C=O) groups is 2. The number of nitrogens with zero attached hydrogens (tertiary/aromatic N) is 1. The van der Waals surface area contributed by atoms with Crippen LogP contribution in [0, 0.1) is 18.3 Å². The highest BCUT2D eigenvalue weighted by Gasteiger charge is 2.16. The van der Waals surface area contributed by atoms with E-state index in [9.17, 15) is 14.9 Å². The largest absolute Gasteiger partial charge is 0.493 e. The lowest BCUT2D eigenvalue weighted by Gasteiger charge is -2.15. The van der Waals surface area contributed by atoms with Gasteiger partial charge >= 0.3 is 5.97 Å². The summed E-state index contributed by atoms with van der Waals surface area (Å²) in [4.78, 5) is 24.0. The van der Waals surface area contributed by atoms with E-state index < -0.39 is 11.9 Å². The van der Waals surface area contributed by atoms with Gasteiger partial charge in [0.1, 0.15) is 11.6 Å². The number of nitrogens with one attached hydrogen (secondary N) is 1. The Bertz CT molecular complexity index is 1030. The fourth-order valence-electron chi connectivity index (χ4n) is 2.73. The summed E-state index contributed by atoms with van der Waals surface area (Å²) in [5.74, 6) is -0.338. The van der Waals surface area contributed by atoms with E-state index in [0.717, 1.165) is 5.56 Å². The quantitative estimate of drug-likeness (QED) is 0.287. The van der Waals surface area contributed by atoms with Crippen LogP contribution in [0.5, 0.6) is 11.5 Å². The van der Waals surface area contributed by atoms with Gasteiger partial charge in [-0.15, -0.1) is 6.58 Å². The topological polar surface area (TPSA) is 97.7 Å². The lowest BCUT2D eigenvalue weighted by atomic mass is 10.0. The number of allylic oxidation sites excluding steroid dienone is 1. The molecular weight excluding hydrogens is 396 g/mol. The molecule has 0 spiro atoms. The maximum absolute atomic E-state index is 12.6. The van der Waals surface area contributed by atoms with Crippen molar-refractivity contribution in [1.29, 1.82) is 5.26 Å². The standard InChI is InChI=1S/C24H24N2O5/c1-5-6-18-11-17(13-21(29-3)23(18)31-15-22(27)30-4)12-19(14-25)24(28)26-20-9-7-16(2)8-10-20/h5,7-13H,1,6,15H2,2-4H3,(H,26,28)/b19-12-. The van der Waals surface area contributed by atoms with Gasteiger partial charge in [-0.25, -0.2) is 4.79 Å². The molecule has 0 fully saturated rings. The molecule has 0 aliphatic rings. The van der Waals surface area contributed by atoms with Crippen LogP contribution in [0.25, 0.3) is 6.08 Å². The fourth-order valence-corrected chi connectivity index (χ4v) is 2.73. The molecule has 0 aromatic heterocycles. The highest BCUT2D eigenvalue weighted by molar-refractivity contribution is 6.09. The average molecular weight is 420 g/mol. The zero-order valence-electron chi connectivity index (χ0n) is 17.7. The first-order valence-electron chi connectivity index (χ1n) is 9.43. The van der Waals surface area contributed by atoms with Crippen molar-refractivity contribution in [3.63, 3.8) is 0 Å². The summed E-state index contributed by atoms with van der Waals surface area (Å²) in [6, 6.07) is 12.6. The van der Waals surface area contributed by atoms with Crippen LogP contribution in [-0.4, -0.2) is 32.7 Å². The van der Waals surface area contributed by atoms with E-state index in [0.29, 0.717) is 34.7 Å². The molecule has 0 aliphatic carbocycles. The van der Waals surface area contributed by atoms with Gasteiger partial charge < -0.3 is 19.5 Å². The molecule has 160 valence electrons. The Balaban J connectivity index is 2.36. The third kappa shape index (κ3) is 6.47. The van der Waals surface area contributed by atoms with Crippen molar-refractivity contribution >= 4 is 23.6 Å². The number of hydrogen-bond acceptors (Lipinski definition) is 6. The van der Waals surface area contributed by atoms with Crippen molar-refractivity contribution in [3.8, 4) is 17.6 Å². The Morgan fingerprint density at radius 1 is 1.19 bits per heavy atom. The SMILES string of the molecule is C=CCc1cc(/C=C(/C#N)C(=O)Nc2ccc(C)cc2)cc(OC)c1OCC(=O)OC. The lowest BCUT2D eigenvalue weighted by molar-refractivity contribution is -0.142. The van der Waals surface area contributed by atoms with Gasteiger partial charge in [-0.1, -0.05) is 23.8 Å². The molecule has 0 aliphatic heterocycles. The molecule has 0 atom stereocenters. The fraction of sp³-hybridized carbons (Fsp3) is 0.208. The van der Waals surface area contributed by atoms with Gasteiger partial charge in [-0.05, 0) is 49.2 Å². The molecule has 31 heavy (non-hydrogen) atoms. The molecule has 1 N–H and O–H groups in total. The van der Waals surface area contributed by atoms with E-state index >= 15 is 0 Å². The number of rotatable bonds is 9. The number of amides is 1. The Kier molecular flexibility index (Phi) is 8.41. The van der Waals surface area contributed by atoms with Crippen LogP contribution < -0.4 is 14.8 Å². The third-order valence-electron chi connectivity index (χ3n) is 4.29. The van der Waals surface area contributed by atoms with E-state index in [-0.39, 0.29) is 12.2 Å².